The smallest absolute Gasteiger partial charge is 0.257 e. The van der Waals surface area contributed by atoms with Gasteiger partial charge >= 0.3 is 0 Å². The van der Waals surface area contributed by atoms with E-state index in [1.807, 2.05) is 4.90 Å². The molecule has 0 bridgehead atoms. The predicted octanol–water partition coefficient (Wildman–Crippen LogP) is 3.51. The molecular weight excluding hydrogens is 552 g/mol. The van der Waals surface area contributed by atoms with Crippen LogP contribution in [-0.2, 0) is 24.8 Å². The number of carbonyl (C=O) groups is 1. The van der Waals surface area contributed by atoms with Gasteiger partial charge in [-0.15, -0.1) is 0 Å². The summed E-state index contributed by atoms with van der Waals surface area (Å²) in [6, 6.07) is 11.0. The Kier molecular flexibility index (Phi) is 9.11. The van der Waals surface area contributed by atoms with Gasteiger partial charge in [-0.1, -0.05) is 25.3 Å². The Hall–Kier alpha value is -2.51. The van der Waals surface area contributed by atoms with Gasteiger partial charge in [0.15, 0.2) is 0 Å². The highest BCUT2D eigenvalue weighted by Gasteiger charge is 2.29. The van der Waals surface area contributed by atoms with Crippen molar-refractivity contribution in [2.75, 3.05) is 62.7 Å². The zero-order chi connectivity index (χ0) is 28.2. The van der Waals surface area contributed by atoms with Crippen molar-refractivity contribution >= 4 is 37.3 Å². The fourth-order valence-corrected chi connectivity index (χ4v) is 8.66. The molecule has 3 aliphatic rings. The number of sulfonamides is 2. The van der Waals surface area contributed by atoms with Crippen molar-refractivity contribution in [3.8, 4) is 0 Å². The highest BCUT2D eigenvalue weighted by Crippen LogP contribution is 2.29. The SMILES string of the molecule is O=C(Nc1cccc(S(=O)(=O)N2CCCCCC2)c1)c1cc(S(=O)(=O)N2CCCCC2)ccc1N1CCOCC1. The summed E-state index contributed by atoms with van der Waals surface area (Å²) in [7, 11) is -7.45. The van der Waals surface area contributed by atoms with Crippen LogP contribution in [0.15, 0.2) is 52.3 Å². The van der Waals surface area contributed by atoms with Crippen molar-refractivity contribution in [2.45, 2.75) is 54.7 Å². The van der Waals surface area contributed by atoms with E-state index in [4.69, 9.17) is 4.74 Å². The predicted molar refractivity (Wildman–Crippen MR) is 154 cm³/mol. The standard InChI is InChI=1S/C28H38N4O6S2/c33-28(29-23-9-8-10-24(21-23)39(34,35)31-13-4-1-2-5-14-31)26-22-25(40(36,37)32-15-6-3-7-16-32)11-12-27(26)30-17-19-38-20-18-30/h8-12,21-22H,1-7,13-20H2,(H,29,33). The van der Waals surface area contributed by atoms with Gasteiger partial charge in [0.2, 0.25) is 20.0 Å². The quantitative estimate of drug-likeness (QED) is 0.525. The van der Waals surface area contributed by atoms with E-state index < -0.39 is 26.0 Å². The number of hydrogen-bond donors (Lipinski definition) is 1. The molecule has 40 heavy (non-hydrogen) atoms. The molecule has 0 aliphatic carbocycles. The van der Waals surface area contributed by atoms with Crippen LogP contribution in [0.2, 0.25) is 0 Å². The molecule has 2 aromatic rings. The summed E-state index contributed by atoms with van der Waals surface area (Å²) in [4.78, 5) is 15.9. The van der Waals surface area contributed by atoms with Gasteiger partial charge in [0, 0.05) is 50.6 Å². The van der Waals surface area contributed by atoms with Crippen molar-refractivity contribution < 1.29 is 26.4 Å². The number of amides is 1. The molecule has 10 nitrogen and oxygen atoms in total. The number of nitrogens with one attached hydrogen (secondary N) is 1. The Bertz CT molecular complexity index is 1410. The van der Waals surface area contributed by atoms with Crippen LogP contribution < -0.4 is 10.2 Å². The first-order chi connectivity index (χ1) is 19.3. The lowest BCUT2D eigenvalue weighted by atomic mass is 10.1. The summed E-state index contributed by atoms with van der Waals surface area (Å²) in [5.74, 6) is -0.499. The molecule has 3 aliphatic heterocycles. The molecule has 0 aromatic heterocycles. The van der Waals surface area contributed by atoms with Gasteiger partial charge in [0.1, 0.15) is 0 Å². The fraction of sp³-hybridized carbons (Fsp3) is 0.536. The van der Waals surface area contributed by atoms with Gasteiger partial charge in [-0.3, -0.25) is 4.79 Å². The molecule has 1 N–H and O–H groups in total. The van der Waals surface area contributed by atoms with Crippen LogP contribution in [0.25, 0.3) is 0 Å². The molecule has 5 rings (SSSR count). The Morgan fingerprint density at radius 1 is 0.675 bits per heavy atom. The highest BCUT2D eigenvalue weighted by atomic mass is 32.2. The molecule has 12 heteroatoms. The van der Waals surface area contributed by atoms with Crippen LogP contribution >= 0.6 is 0 Å². The normalized spacial score (nSPS) is 20.1. The number of anilines is 2. The molecule has 218 valence electrons. The van der Waals surface area contributed by atoms with Gasteiger partial charge in [-0.05, 0) is 62.1 Å². The van der Waals surface area contributed by atoms with Crippen LogP contribution in [0.1, 0.15) is 55.3 Å². The zero-order valence-corrected chi connectivity index (χ0v) is 24.4. The van der Waals surface area contributed by atoms with Gasteiger partial charge in [0.05, 0.1) is 28.6 Å². The van der Waals surface area contributed by atoms with E-state index in [1.165, 1.54) is 20.7 Å². The summed E-state index contributed by atoms with van der Waals surface area (Å²) in [5.41, 5.74) is 1.17. The van der Waals surface area contributed by atoms with Crippen LogP contribution in [0.5, 0.6) is 0 Å². The number of rotatable bonds is 7. The summed E-state index contributed by atoms with van der Waals surface area (Å²) in [6.45, 7) is 4.06. The van der Waals surface area contributed by atoms with Gasteiger partial charge in [0.25, 0.3) is 5.91 Å². The van der Waals surface area contributed by atoms with Gasteiger partial charge < -0.3 is 15.0 Å². The second-order valence-corrected chi connectivity index (χ2v) is 14.4. The van der Waals surface area contributed by atoms with Crippen LogP contribution in [-0.4, -0.2) is 83.8 Å². The average molecular weight is 591 g/mol. The average Bonchev–Trinajstić information content (AvgIpc) is 3.28. The lowest BCUT2D eigenvalue weighted by Gasteiger charge is -2.31. The largest absolute Gasteiger partial charge is 0.378 e. The van der Waals surface area contributed by atoms with Crippen LogP contribution in [0, 0.1) is 0 Å². The van der Waals surface area contributed by atoms with Crippen LogP contribution in [0.4, 0.5) is 11.4 Å². The maximum Gasteiger partial charge on any atom is 0.257 e. The first kappa shape index (κ1) is 29.0. The molecular formula is C28H38N4O6S2. The molecule has 0 radical (unpaired) electrons. The third kappa shape index (κ3) is 6.36. The Balaban J connectivity index is 1.44. The summed E-state index contributed by atoms with van der Waals surface area (Å²) >= 11 is 0. The maximum absolute atomic E-state index is 13.7. The first-order valence-corrected chi connectivity index (χ1v) is 17.0. The number of carbonyl (C=O) groups excluding carboxylic acids is 1. The lowest BCUT2D eigenvalue weighted by molar-refractivity contribution is 0.102. The lowest BCUT2D eigenvalue weighted by Crippen LogP contribution is -2.38. The summed E-state index contributed by atoms with van der Waals surface area (Å²) < 4.78 is 62.0. The van der Waals surface area contributed by atoms with E-state index in [-0.39, 0.29) is 15.4 Å². The fourth-order valence-electron chi connectivity index (χ4n) is 5.56. The minimum absolute atomic E-state index is 0.0778. The molecule has 3 heterocycles. The first-order valence-electron chi connectivity index (χ1n) is 14.2. The number of nitrogens with zero attached hydrogens (tertiary/aromatic N) is 3. The van der Waals surface area contributed by atoms with Gasteiger partial charge in [-0.2, -0.15) is 8.61 Å². The molecule has 3 saturated heterocycles. The number of hydrogen-bond acceptors (Lipinski definition) is 7. The third-order valence-corrected chi connectivity index (χ3v) is 11.6. The van der Waals surface area contributed by atoms with E-state index in [1.54, 1.807) is 30.3 Å². The number of morpholine rings is 1. The monoisotopic (exact) mass is 590 g/mol. The van der Waals surface area contributed by atoms with Crippen molar-refractivity contribution in [3.05, 3.63) is 48.0 Å². The van der Waals surface area contributed by atoms with Gasteiger partial charge in [-0.25, -0.2) is 16.8 Å². The Labute approximate surface area is 237 Å². The molecule has 0 spiro atoms. The molecule has 0 atom stereocenters. The zero-order valence-electron chi connectivity index (χ0n) is 22.8. The molecule has 0 unspecified atom stereocenters. The summed E-state index contributed by atoms with van der Waals surface area (Å²) in [5, 5.41) is 2.84. The van der Waals surface area contributed by atoms with E-state index >= 15 is 0 Å². The van der Waals surface area contributed by atoms with E-state index in [0.717, 1.165) is 44.9 Å². The Morgan fingerprint density at radius 2 is 1.23 bits per heavy atom. The van der Waals surface area contributed by atoms with E-state index in [0.29, 0.717) is 63.9 Å². The number of benzene rings is 2. The number of piperidine rings is 1. The molecule has 2 aromatic carbocycles. The topological polar surface area (TPSA) is 116 Å². The Morgan fingerprint density at radius 3 is 1.82 bits per heavy atom. The maximum atomic E-state index is 13.7. The second-order valence-electron chi connectivity index (χ2n) is 10.5. The second kappa shape index (κ2) is 12.6. The minimum Gasteiger partial charge on any atom is -0.378 e. The highest BCUT2D eigenvalue weighted by molar-refractivity contribution is 7.89. The van der Waals surface area contributed by atoms with Crippen molar-refractivity contribution in [1.82, 2.24) is 8.61 Å². The van der Waals surface area contributed by atoms with Crippen LogP contribution in [0.3, 0.4) is 0 Å². The molecule has 0 saturated carbocycles. The summed E-state index contributed by atoms with van der Waals surface area (Å²) in [6.07, 6.45) is 6.32. The molecule has 3 fully saturated rings. The van der Waals surface area contributed by atoms with Crippen molar-refractivity contribution in [1.29, 1.82) is 0 Å². The van der Waals surface area contributed by atoms with Crippen molar-refractivity contribution in [3.63, 3.8) is 0 Å². The van der Waals surface area contributed by atoms with E-state index in [9.17, 15) is 21.6 Å². The van der Waals surface area contributed by atoms with Crippen molar-refractivity contribution in [2.24, 2.45) is 0 Å². The third-order valence-electron chi connectivity index (χ3n) is 7.81. The minimum atomic E-state index is -3.75. The molecule has 1 amide bonds. The number of ether oxygens (including phenoxy) is 1. The van der Waals surface area contributed by atoms with E-state index in [2.05, 4.69) is 5.32 Å².